The van der Waals surface area contributed by atoms with Gasteiger partial charge in [0, 0.05) is 18.6 Å². The molecular formula is C16H22NNaO3P+. The van der Waals surface area contributed by atoms with Crippen LogP contribution in [0.4, 0.5) is 0 Å². The molecule has 3 rings (SSSR count). The van der Waals surface area contributed by atoms with E-state index in [9.17, 15) is 14.3 Å². The number of likely N-dealkylation sites (tertiary alicyclic amines) is 1. The average Bonchev–Trinajstić information content (AvgIpc) is 2.81. The molecule has 1 aliphatic heterocycles. The van der Waals surface area contributed by atoms with Gasteiger partial charge in [0.05, 0.1) is 6.29 Å². The number of nitrogens with zero attached hydrogens (tertiary/aromatic N) is 1. The van der Waals surface area contributed by atoms with Gasteiger partial charge < -0.3 is 9.79 Å². The first kappa shape index (κ1) is 18.2. The Labute approximate surface area is 154 Å². The van der Waals surface area contributed by atoms with E-state index in [0.717, 1.165) is 19.3 Å². The van der Waals surface area contributed by atoms with Crippen LogP contribution in [-0.4, -0.2) is 34.2 Å². The second kappa shape index (κ2) is 7.63. The van der Waals surface area contributed by atoms with Crippen LogP contribution < -0.4 is 29.6 Å². The minimum Gasteiger partial charge on any atom is -0.343 e. The Hall–Kier alpha value is -0.120. The molecule has 2 aliphatic rings. The second-order valence-electron chi connectivity index (χ2n) is 6.20. The molecule has 1 unspecified atom stereocenters. The summed E-state index contributed by atoms with van der Waals surface area (Å²) < 4.78 is 12.8. The summed E-state index contributed by atoms with van der Waals surface area (Å²) in [6.07, 6.45) is 4.75. The van der Waals surface area contributed by atoms with Crippen molar-refractivity contribution in [2.75, 3.05) is 12.8 Å². The van der Waals surface area contributed by atoms with Crippen molar-refractivity contribution in [3.05, 3.63) is 35.4 Å². The summed E-state index contributed by atoms with van der Waals surface area (Å²) in [6, 6.07) is 8.02. The maximum atomic E-state index is 12.8. The van der Waals surface area contributed by atoms with Crippen LogP contribution in [0, 0.1) is 0 Å². The maximum Gasteiger partial charge on any atom is 1.00 e. The van der Waals surface area contributed by atoms with Crippen molar-refractivity contribution in [3.8, 4) is 0 Å². The summed E-state index contributed by atoms with van der Waals surface area (Å²) in [4.78, 5) is 24.2. The summed E-state index contributed by atoms with van der Waals surface area (Å²) in [5.74, 6) is 0.0392. The first-order valence-electron chi connectivity index (χ1n) is 7.72. The first-order chi connectivity index (χ1) is 10.1. The molecule has 1 aliphatic carbocycles. The Bertz CT molecular complexity index is 568. The van der Waals surface area contributed by atoms with Crippen LogP contribution in [-0.2, 0) is 22.2 Å². The zero-order chi connectivity index (χ0) is 14.9. The third-order valence-corrected chi connectivity index (χ3v) is 6.90. The molecule has 1 fully saturated rings. The van der Waals surface area contributed by atoms with Gasteiger partial charge in [-0.1, -0.05) is 30.7 Å². The molecule has 0 bridgehead atoms. The van der Waals surface area contributed by atoms with E-state index in [4.69, 9.17) is 0 Å². The number of hydrogen-bond acceptors (Lipinski definition) is 2. The van der Waals surface area contributed by atoms with Gasteiger partial charge >= 0.3 is 29.6 Å². The van der Waals surface area contributed by atoms with Crippen molar-refractivity contribution in [2.24, 2.45) is 0 Å². The topological polar surface area (TPSA) is 57.6 Å². The standard InChI is InChI=1S/C16H22NO3P.Na/c18-16-8-2-1-5-9-17(16)12-21(19,20)15-10-13-6-3-4-7-14(13)11-15;/h3-4,6-7,15H,1-2,5,8-12H2,(H,19,20);/q;+1. The average molecular weight is 330 g/mol. The summed E-state index contributed by atoms with van der Waals surface area (Å²) in [7, 11) is -3.34. The summed E-state index contributed by atoms with van der Waals surface area (Å²) in [5.41, 5.74) is 2.13. The molecule has 1 saturated heterocycles. The quantitative estimate of drug-likeness (QED) is 0.616. The number of rotatable bonds is 3. The van der Waals surface area contributed by atoms with Gasteiger partial charge in [0.25, 0.3) is 0 Å². The number of hydrogen-bond donors (Lipinski definition) is 1. The molecule has 0 saturated carbocycles. The molecule has 0 spiro atoms. The molecule has 114 valence electrons. The van der Waals surface area contributed by atoms with Crippen LogP contribution in [0.1, 0.15) is 36.8 Å². The van der Waals surface area contributed by atoms with Gasteiger partial charge in [0.15, 0.2) is 0 Å². The largest absolute Gasteiger partial charge is 1.00 e. The van der Waals surface area contributed by atoms with Crippen LogP contribution >= 0.6 is 7.37 Å². The summed E-state index contributed by atoms with van der Waals surface area (Å²) in [6.45, 7) is 0.628. The van der Waals surface area contributed by atoms with E-state index in [1.807, 2.05) is 24.3 Å². The van der Waals surface area contributed by atoms with Gasteiger partial charge in [-0.05, 0) is 36.8 Å². The Morgan fingerprint density at radius 2 is 1.77 bits per heavy atom. The Morgan fingerprint density at radius 3 is 2.41 bits per heavy atom. The van der Waals surface area contributed by atoms with E-state index >= 15 is 0 Å². The van der Waals surface area contributed by atoms with Crippen molar-refractivity contribution in [3.63, 3.8) is 0 Å². The number of amides is 1. The van der Waals surface area contributed by atoms with E-state index in [0.29, 0.717) is 25.8 Å². The predicted octanol–water partition coefficient (Wildman–Crippen LogP) is -0.212. The first-order valence-corrected chi connectivity index (χ1v) is 9.64. The third-order valence-electron chi connectivity index (χ3n) is 4.64. The number of carbonyl (C=O) groups excluding carboxylic acids is 1. The zero-order valence-corrected chi connectivity index (χ0v) is 16.1. The number of benzene rings is 1. The molecule has 1 atom stereocenters. The van der Waals surface area contributed by atoms with Crippen LogP contribution in [0.5, 0.6) is 0 Å². The Morgan fingerprint density at radius 1 is 1.14 bits per heavy atom. The molecule has 1 N–H and O–H groups in total. The molecule has 22 heavy (non-hydrogen) atoms. The predicted molar refractivity (Wildman–Crippen MR) is 82.5 cm³/mol. The van der Waals surface area contributed by atoms with Gasteiger partial charge in [-0.15, -0.1) is 0 Å². The van der Waals surface area contributed by atoms with Crippen LogP contribution in [0.15, 0.2) is 24.3 Å². The maximum absolute atomic E-state index is 12.8. The molecule has 4 nitrogen and oxygen atoms in total. The number of carbonyl (C=O) groups is 1. The van der Waals surface area contributed by atoms with Gasteiger partial charge in [-0.2, -0.15) is 0 Å². The summed E-state index contributed by atoms with van der Waals surface area (Å²) >= 11 is 0. The molecule has 0 aromatic heterocycles. The number of fused-ring (bicyclic) bond motifs is 1. The Balaban J connectivity index is 0.00000176. The molecular weight excluding hydrogens is 308 g/mol. The van der Waals surface area contributed by atoms with Crippen molar-refractivity contribution in [1.29, 1.82) is 0 Å². The molecule has 6 heteroatoms. The fraction of sp³-hybridized carbons (Fsp3) is 0.562. The third kappa shape index (κ3) is 4.04. The van der Waals surface area contributed by atoms with Crippen molar-refractivity contribution < 1.29 is 43.8 Å². The van der Waals surface area contributed by atoms with Gasteiger partial charge in [-0.25, -0.2) is 0 Å². The normalized spacial score (nSPS) is 21.7. The van der Waals surface area contributed by atoms with Gasteiger partial charge in [-0.3, -0.25) is 9.36 Å². The molecule has 0 radical (unpaired) electrons. The monoisotopic (exact) mass is 330 g/mol. The fourth-order valence-corrected chi connectivity index (χ4v) is 5.35. The van der Waals surface area contributed by atoms with Crippen molar-refractivity contribution >= 4 is 13.3 Å². The smallest absolute Gasteiger partial charge is 0.343 e. The Kier molecular flexibility index (Phi) is 6.32. The van der Waals surface area contributed by atoms with Crippen LogP contribution in [0.3, 0.4) is 0 Å². The summed E-state index contributed by atoms with van der Waals surface area (Å²) in [5, 5.41) is 0. The SMILES string of the molecule is O=C1CCCCCN1CP(=O)(O)C1Cc2ccccc2C1.[Na+]. The van der Waals surface area contributed by atoms with Crippen LogP contribution in [0.25, 0.3) is 0 Å². The van der Waals surface area contributed by atoms with Gasteiger partial charge in [0.2, 0.25) is 13.3 Å². The molecule has 1 aromatic carbocycles. The minimum absolute atomic E-state index is 0. The molecule has 1 heterocycles. The second-order valence-corrected chi connectivity index (χ2v) is 8.72. The van der Waals surface area contributed by atoms with Crippen molar-refractivity contribution in [1.82, 2.24) is 4.90 Å². The fourth-order valence-electron chi connectivity index (χ4n) is 3.37. The van der Waals surface area contributed by atoms with E-state index in [1.165, 1.54) is 11.1 Å². The van der Waals surface area contributed by atoms with E-state index in [1.54, 1.807) is 4.90 Å². The van der Waals surface area contributed by atoms with Crippen molar-refractivity contribution in [2.45, 2.75) is 44.2 Å². The zero-order valence-electron chi connectivity index (χ0n) is 13.2. The van der Waals surface area contributed by atoms with E-state index in [-0.39, 0.29) is 47.4 Å². The van der Waals surface area contributed by atoms with E-state index < -0.39 is 7.37 Å². The van der Waals surface area contributed by atoms with Crippen LogP contribution in [0.2, 0.25) is 0 Å². The minimum atomic E-state index is -3.34. The molecule has 1 amide bonds. The van der Waals surface area contributed by atoms with Gasteiger partial charge in [0.1, 0.15) is 0 Å². The van der Waals surface area contributed by atoms with E-state index in [2.05, 4.69) is 0 Å². The molecule has 1 aromatic rings.